The van der Waals surface area contributed by atoms with E-state index in [1.54, 1.807) is 6.92 Å². The van der Waals surface area contributed by atoms with Gasteiger partial charge in [0.25, 0.3) is 0 Å². The Morgan fingerprint density at radius 3 is 2.80 bits per heavy atom. The highest BCUT2D eigenvalue weighted by molar-refractivity contribution is 6.08. The fraction of sp³-hybridized carbons (Fsp3) is 0.389. The highest BCUT2D eigenvalue weighted by Gasteiger charge is 2.27. The lowest BCUT2D eigenvalue weighted by Gasteiger charge is -2.13. The third-order valence-electron chi connectivity index (χ3n) is 4.48. The maximum absolute atomic E-state index is 12.5. The summed E-state index contributed by atoms with van der Waals surface area (Å²) in [6, 6.07) is 7.56. The molecule has 1 saturated heterocycles. The van der Waals surface area contributed by atoms with Gasteiger partial charge in [-0.25, -0.2) is 14.8 Å². The summed E-state index contributed by atoms with van der Waals surface area (Å²) in [5.74, 6) is -0.139. The number of esters is 1. The number of ether oxygens (including phenoxy) is 2. The van der Waals surface area contributed by atoms with Crippen LogP contribution in [0.5, 0.6) is 0 Å². The van der Waals surface area contributed by atoms with E-state index < -0.39 is 5.97 Å². The van der Waals surface area contributed by atoms with Crippen LogP contribution in [0.25, 0.3) is 22.2 Å². The van der Waals surface area contributed by atoms with E-state index in [1.165, 1.54) is 0 Å². The second-order valence-electron chi connectivity index (χ2n) is 6.11. The Morgan fingerprint density at radius 1 is 1.36 bits per heavy atom. The maximum Gasteiger partial charge on any atom is 0.344 e. The summed E-state index contributed by atoms with van der Waals surface area (Å²) in [5, 5.41) is 0. The molecular formula is C18H20N4O3. The molecular weight excluding hydrogens is 320 g/mol. The van der Waals surface area contributed by atoms with Gasteiger partial charge in [0, 0.05) is 6.61 Å². The fourth-order valence-corrected chi connectivity index (χ4v) is 3.30. The molecule has 4 rings (SSSR count). The highest BCUT2D eigenvalue weighted by Crippen LogP contribution is 2.30. The molecule has 2 aromatic heterocycles. The Hall–Kier alpha value is -2.67. The van der Waals surface area contributed by atoms with Crippen LogP contribution in [0.15, 0.2) is 24.3 Å². The van der Waals surface area contributed by atoms with Gasteiger partial charge in [-0.1, -0.05) is 12.1 Å². The molecule has 1 aliphatic heterocycles. The number of carbonyl (C=O) groups is 1. The van der Waals surface area contributed by atoms with Crippen molar-refractivity contribution in [2.45, 2.75) is 32.4 Å². The Balaban J connectivity index is 1.93. The molecule has 0 bridgehead atoms. The lowest BCUT2D eigenvalue weighted by atomic mass is 10.2. The van der Waals surface area contributed by atoms with Crippen LogP contribution >= 0.6 is 0 Å². The van der Waals surface area contributed by atoms with Crippen molar-refractivity contribution >= 4 is 34.0 Å². The van der Waals surface area contributed by atoms with E-state index in [9.17, 15) is 4.79 Å². The summed E-state index contributed by atoms with van der Waals surface area (Å²) in [7, 11) is 0. The first-order valence-corrected chi connectivity index (χ1v) is 8.52. The molecule has 0 radical (unpaired) electrons. The van der Waals surface area contributed by atoms with Crippen LogP contribution in [0.1, 0.15) is 30.1 Å². The number of hydrogen-bond donors (Lipinski definition) is 1. The second kappa shape index (κ2) is 6.33. The first kappa shape index (κ1) is 15.8. The van der Waals surface area contributed by atoms with Crippen molar-refractivity contribution in [1.29, 1.82) is 0 Å². The van der Waals surface area contributed by atoms with Gasteiger partial charge < -0.3 is 19.8 Å². The number of benzene rings is 1. The molecule has 7 nitrogen and oxygen atoms in total. The van der Waals surface area contributed by atoms with Crippen LogP contribution in [-0.4, -0.2) is 39.8 Å². The quantitative estimate of drug-likeness (QED) is 0.734. The number of hydrogen-bond acceptors (Lipinski definition) is 6. The number of rotatable bonds is 4. The van der Waals surface area contributed by atoms with Gasteiger partial charge in [0.1, 0.15) is 16.9 Å². The zero-order valence-corrected chi connectivity index (χ0v) is 14.1. The smallest absolute Gasteiger partial charge is 0.344 e. The van der Waals surface area contributed by atoms with Crippen LogP contribution in [-0.2, 0) is 16.0 Å². The summed E-state index contributed by atoms with van der Waals surface area (Å²) in [4.78, 5) is 21.8. The zero-order valence-electron chi connectivity index (χ0n) is 14.1. The number of para-hydroxylation sites is 2. The Bertz CT molecular complexity index is 944. The van der Waals surface area contributed by atoms with Gasteiger partial charge in [-0.3, -0.25) is 0 Å². The van der Waals surface area contributed by atoms with Crippen LogP contribution < -0.4 is 5.73 Å². The molecule has 3 heterocycles. The van der Waals surface area contributed by atoms with E-state index in [1.807, 2.05) is 28.8 Å². The minimum atomic E-state index is -0.472. The third kappa shape index (κ3) is 2.70. The molecule has 1 aliphatic rings. The molecule has 0 aliphatic carbocycles. The van der Waals surface area contributed by atoms with Crippen molar-refractivity contribution < 1.29 is 14.3 Å². The first-order valence-electron chi connectivity index (χ1n) is 8.52. The van der Waals surface area contributed by atoms with E-state index in [2.05, 4.69) is 4.98 Å². The SMILES string of the molecule is CCOC(=O)c1c(N)n(CC2CCCO2)c2nc3ccccc3nc12. The molecule has 1 atom stereocenters. The average Bonchev–Trinajstić information content (AvgIpc) is 3.21. The van der Waals surface area contributed by atoms with Crippen molar-refractivity contribution in [3.05, 3.63) is 29.8 Å². The molecule has 1 fully saturated rings. The van der Waals surface area contributed by atoms with Crippen LogP contribution in [0.4, 0.5) is 5.82 Å². The second-order valence-corrected chi connectivity index (χ2v) is 6.11. The van der Waals surface area contributed by atoms with Gasteiger partial charge in [0.2, 0.25) is 0 Å². The number of nitrogens with zero attached hydrogens (tertiary/aromatic N) is 3. The van der Waals surface area contributed by atoms with Gasteiger partial charge in [0.15, 0.2) is 5.65 Å². The monoisotopic (exact) mass is 340 g/mol. The number of nitrogens with two attached hydrogens (primary N) is 1. The van der Waals surface area contributed by atoms with E-state index in [0.717, 1.165) is 30.5 Å². The molecule has 25 heavy (non-hydrogen) atoms. The average molecular weight is 340 g/mol. The number of anilines is 1. The topological polar surface area (TPSA) is 92.3 Å². The molecule has 1 unspecified atom stereocenters. The van der Waals surface area contributed by atoms with Crippen LogP contribution in [0.2, 0.25) is 0 Å². The first-order chi connectivity index (χ1) is 12.2. The van der Waals surface area contributed by atoms with Crippen LogP contribution in [0, 0.1) is 0 Å². The number of aromatic nitrogens is 3. The predicted octanol–water partition coefficient (Wildman–Crippen LogP) is 2.52. The van der Waals surface area contributed by atoms with Gasteiger partial charge >= 0.3 is 5.97 Å². The Kier molecular flexibility index (Phi) is 4.01. The molecule has 0 saturated carbocycles. The molecule has 2 N–H and O–H groups in total. The summed E-state index contributed by atoms with van der Waals surface area (Å²) >= 11 is 0. The van der Waals surface area contributed by atoms with Crippen molar-refractivity contribution in [3.8, 4) is 0 Å². The third-order valence-corrected chi connectivity index (χ3v) is 4.48. The molecule has 0 spiro atoms. The standard InChI is InChI=1S/C18H20N4O3/c1-2-24-18(23)14-15-17(21-13-8-4-3-7-12(13)20-15)22(16(14)19)10-11-6-5-9-25-11/h3-4,7-8,11H,2,5-6,9-10,19H2,1H3. The predicted molar refractivity (Wildman–Crippen MR) is 94.4 cm³/mol. The minimum Gasteiger partial charge on any atom is -0.462 e. The molecule has 130 valence electrons. The molecule has 7 heteroatoms. The van der Waals surface area contributed by atoms with Crippen molar-refractivity contribution in [3.63, 3.8) is 0 Å². The van der Waals surface area contributed by atoms with Crippen molar-refractivity contribution in [2.75, 3.05) is 18.9 Å². The van der Waals surface area contributed by atoms with E-state index >= 15 is 0 Å². The van der Waals surface area contributed by atoms with E-state index in [-0.39, 0.29) is 18.3 Å². The van der Waals surface area contributed by atoms with Gasteiger partial charge in [-0.2, -0.15) is 0 Å². The highest BCUT2D eigenvalue weighted by atomic mass is 16.5. The lowest BCUT2D eigenvalue weighted by Crippen LogP contribution is -2.17. The van der Waals surface area contributed by atoms with E-state index in [0.29, 0.717) is 23.5 Å². The molecule has 0 amide bonds. The van der Waals surface area contributed by atoms with Crippen LogP contribution in [0.3, 0.4) is 0 Å². The van der Waals surface area contributed by atoms with Gasteiger partial charge in [0.05, 0.1) is 30.3 Å². The largest absolute Gasteiger partial charge is 0.462 e. The normalized spacial score (nSPS) is 17.4. The maximum atomic E-state index is 12.5. The number of nitrogen functional groups attached to an aromatic ring is 1. The van der Waals surface area contributed by atoms with Gasteiger partial charge in [-0.05, 0) is 31.9 Å². The summed E-state index contributed by atoms with van der Waals surface area (Å²) in [6.45, 7) is 3.34. The van der Waals surface area contributed by atoms with Gasteiger partial charge in [-0.15, -0.1) is 0 Å². The summed E-state index contributed by atoms with van der Waals surface area (Å²) < 4.78 is 12.7. The number of carbonyl (C=O) groups excluding carboxylic acids is 1. The lowest BCUT2D eigenvalue weighted by molar-refractivity contribution is 0.0529. The molecule has 3 aromatic rings. The summed E-state index contributed by atoms with van der Waals surface area (Å²) in [5.41, 5.74) is 9.15. The Labute approximate surface area is 144 Å². The molecule has 1 aromatic carbocycles. The number of fused-ring (bicyclic) bond motifs is 2. The minimum absolute atomic E-state index is 0.0706. The van der Waals surface area contributed by atoms with Crippen molar-refractivity contribution in [1.82, 2.24) is 14.5 Å². The summed E-state index contributed by atoms with van der Waals surface area (Å²) in [6.07, 6.45) is 2.07. The van der Waals surface area contributed by atoms with E-state index in [4.69, 9.17) is 20.2 Å². The zero-order chi connectivity index (χ0) is 17.4. The Morgan fingerprint density at radius 2 is 2.12 bits per heavy atom. The fourth-order valence-electron chi connectivity index (χ4n) is 3.30. The van der Waals surface area contributed by atoms with Crippen molar-refractivity contribution in [2.24, 2.45) is 0 Å².